The van der Waals surface area contributed by atoms with Gasteiger partial charge in [-0.25, -0.2) is 0 Å². The average molecular weight is 300 g/mol. The third-order valence-corrected chi connectivity index (χ3v) is 3.37. The molecule has 0 radical (unpaired) electrons. The maximum Gasteiger partial charge on any atom is 0.325 e. The lowest BCUT2D eigenvalue weighted by Gasteiger charge is -2.28. The second-order valence-corrected chi connectivity index (χ2v) is 5.36. The van der Waals surface area contributed by atoms with Gasteiger partial charge in [-0.15, -0.1) is 0 Å². The quantitative estimate of drug-likeness (QED) is 0.869. The van der Waals surface area contributed by atoms with Crippen molar-refractivity contribution in [2.75, 3.05) is 7.11 Å². The molecule has 0 fully saturated rings. The number of hydrogen-bond donors (Lipinski definition) is 1. The van der Waals surface area contributed by atoms with Gasteiger partial charge in [0.1, 0.15) is 5.54 Å². The first-order valence-electron chi connectivity index (χ1n) is 5.49. The van der Waals surface area contributed by atoms with Crippen molar-refractivity contribution in [1.82, 2.24) is 5.32 Å². The Morgan fingerprint density at radius 3 is 2.53 bits per heavy atom. The maximum absolute atomic E-state index is 11.6. The minimum absolute atomic E-state index is 0.0553. The van der Waals surface area contributed by atoms with E-state index >= 15 is 0 Å². The van der Waals surface area contributed by atoms with Crippen molar-refractivity contribution in [3.8, 4) is 0 Å². The predicted molar refractivity (Wildman–Crippen MR) is 71.8 cm³/mol. The number of hydrogen-bond acceptors (Lipinski definition) is 3. The number of benzene rings is 1. The lowest BCUT2D eigenvalue weighted by Crippen LogP contribution is -2.48. The van der Waals surface area contributed by atoms with Gasteiger partial charge in [0.2, 0.25) is 0 Å². The van der Waals surface area contributed by atoms with Crippen LogP contribution in [-0.4, -0.2) is 18.6 Å². The number of carbonyl (C=O) groups is 1. The van der Waals surface area contributed by atoms with Gasteiger partial charge in [0.15, 0.2) is 0 Å². The summed E-state index contributed by atoms with van der Waals surface area (Å²) < 4.78 is 5.80. The van der Waals surface area contributed by atoms with Crippen LogP contribution in [0.4, 0.5) is 0 Å². The molecule has 0 spiro atoms. The zero-order valence-corrected chi connectivity index (χ0v) is 12.2. The van der Waals surface area contributed by atoms with Crippen LogP contribution in [-0.2, 0) is 9.53 Å². The minimum Gasteiger partial charge on any atom is -0.468 e. The Hall–Kier alpha value is -0.870. The zero-order chi connectivity index (χ0) is 13.1. The third-order valence-electron chi connectivity index (χ3n) is 2.64. The molecule has 0 saturated heterocycles. The number of rotatable bonds is 4. The summed E-state index contributed by atoms with van der Waals surface area (Å²) in [6, 6.07) is 8.00. The van der Waals surface area contributed by atoms with E-state index in [2.05, 4.69) is 21.2 Å². The molecule has 4 heteroatoms. The molecule has 0 saturated carbocycles. The molecule has 1 N–H and O–H groups in total. The number of nitrogens with one attached hydrogen (secondary N) is 1. The van der Waals surface area contributed by atoms with E-state index in [-0.39, 0.29) is 12.0 Å². The zero-order valence-electron chi connectivity index (χ0n) is 10.6. The molecule has 1 rings (SSSR count). The van der Waals surface area contributed by atoms with Gasteiger partial charge in [0.05, 0.1) is 7.11 Å². The van der Waals surface area contributed by atoms with Gasteiger partial charge in [-0.2, -0.15) is 0 Å². The number of ether oxygens (including phenoxy) is 1. The first-order chi connectivity index (χ1) is 7.88. The highest BCUT2D eigenvalue weighted by atomic mass is 79.9. The molecule has 0 aromatic heterocycles. The highest BCUT2D eigenvalue weighted by Crippen LogP contribution is 2.24. The van der Waals surface area contributed by atoms with E-state index in [0.717, 1.165) is 10.0 Å². The topological polar surface area (TPSA) is 38.3 Å². The van der Waals surface area contributed by atoms with E-state index < -0.39 is 5.54 Å². The van der Waals surface area contributed by atoms with E-state index in [0.29, 0.717) is 0 Å². The van der Waals surface area contributed by atoms with Crippen LogP contribution in [0.1, 0.15) is 32.4 Å². The first kappa shape index (κ1) is 14.2. The van der Waals surface area contributed by atoms with Crippen LogP contribution in [0.2, 0.25) is 0 Å². The Balaban J connectivity index is 2.83. The van der Waals surface area contributed by atoms with E-state index in [1.807, 2.05) is 45.0 Å². The van der Waals surface area contributed by atoms with Crippen LogP contribution >= 0.6 is 15.9 Å². The Labute approximate surface area is 111 Å². The average Bonchev–Trinajstić information content (AvgIpc) is 2.27. The van der Waals surface area contributed by atoms with Gasteiger partial charge in [0.25, 0.3) is 0 Å². The molecular weight excluding hydrogens is 282 g/mol. The van der Waals surface area contributed by atoms with Crippen LogP contribution in [0.15, 0.2) is 28.7 Å². The predicted octanol–water partition coefficient (Wildman–Crippen LogP) is 3.05. The maximum atomic E-state index is 11.6. The fraction of sp³-hybridized carbons (Fsp3) is 0.462. The summed E-state index contributed by atoms with van der Waals surface area (Å²) in [5.74, 6) is -0.267. The normalized spacial score (nSPS) is 13.2. The highest BCUT2D eigenvalue weighted by molar-refractivity contribution is 9.10. The number of halogens is 1. The summed E-state index contributed by atoms with van der Waals surface area (Å²) >= 11 is 3.50. The van der Waals surface area contributed by atoms with Gasteiger partial charge in [-0.3, -0.25) is 10.1 Å². The first-order valence-corrected chi connectivity index (χ1v) is 6.28. The minimum atomic E-state index is -0.705. The smallest absolute Gasteiger partial charge is 0.325 e. The van der Waals surface area contributed by atoms with Crippen molar-refractivity contribution in [2.45, 2.75) is 32.4 Å². The fourth-order valence-corrected chi connectivity index (χ4v) is 2.39. The van der Waals surface area contributed by atoms with Crippen molar-refractivity contribution < 1.29 is 9.53 Å². The molecule has 0 amide bonds. The van der Waals surface area contributed by atoms with E-state index in [1.54, 1.807) is 0 Å². The molecule has 0 aliphatic heterocycles. The Morgan fingerprint density at radius 1 is 1.41 bits per heavy atom. The monoisotopic (exact) mass is 299 g/mol. The summed E-state index contributed by atoms with van der Waals surface area (Å²) in [6.45, 7) is 5.64. The Bertz CT molecular complexity index is 404. The molecule has 3 nitrogen and oxygen atoms in total. The van der Waals surface area contributed by atoms with E-state index in [4.69, 9.17) is 4.74 Å². The Morgan fingerprint density at radius 2 is 2.00 bits per heavy atom. The molecule has 1 unspecified atom stereocenters. The van der Waals surface area contributed by atoms with Gasteiger partial charge >= 0.3 is 5.97 Å². The molecule has 1 aromatic rings. The second kappa shape index (κ2) is 5.65. The SMILES string of the molecule is COC(=O)C(C)(C)NC(C)c1ccccc1Br. The lowest BCUT2D eigenvalue weighted by atomic mass is 10.0. The molecule has 1 atom stereocenters. The lowest BCUT2D eigenvalue weighted by molar-refractivity contribution is -0.147. The van der Waals surface area contributed by atoms with Crippen molar-refractivity contribution in [2.24, 2.45) is 0 Å². The van der Waals surface area contributed by atoms with Crippen LogP contribution in [0, 0.1) is 0 Å². The largest absolute Gasteiger partial charge is 0.468 e. The van der Waals surface area contributed by atoms with Crippen molar-refractivity contribution in [3.63, 3.8) is 0 Å². The molecule has 0 bridgehead atoms. The van der Waals surface area contributed by atoms with Crippen molar-refractivity contribution in [1.29, 1.82) is 0 Å². The van der Waals surface area contributed by atoms with Crippen LogP contribution in [0.5, 0.6) is 0 Å². The Kier molecular flexibility index (Phi) is 4.71. The number of esters is 1. The molecular formula is C13H18BrNO2. The highest BCUT2D eigenvalue weighted by Gasteiger charge is 2.30. The summed E-state index contributed by atoms with van der Waals surface area (Å²) in [6.07, 6.45) is 0. The molecule has 94 valence electrons. The molecule has 17 heavy (non-hydrogen) atoms. The van der Waals surface area contributed by atoms with Gasteiger partial charge in [-0.05, 0) is 32.4 Å². The standard InChI is InChI=1S/C13H18BrNO2/c1-9(10-7-5-6-8-11(10)14)15-13(2,3)12(16)17-4/h5-9,15H,1-4H3. The summed E-state index contributed by atoms with van der Waals surface area (Å²) in [7, 11) is 1.40. The van der Waals surface area contributed by atoms with Gasteiger partial charge < -0.3 is 4.74 Å². The van der Waals surface area contributed by atoms with Gasteiger partial charge in [0, 0.05) is 10.5 Å². The summed E-state index contributed by atoms with van der Waals surface area (Å²) in [4.78, 5) is 11.6. The fourth-order valence-electron chi connectivity index (χ4n) is 1.76. The van der Waals surface area contributed by atoms with E-state index in [9.17, 15) is 4.79 Å². The molecule has 0 heterocycles. The summed E-state index contributed by atoms with van der Waals surface area (Å²) in [5, 5.41) is 3.26. The molecule has 0 aliphatic carbocycles. The van der Waals surface area contributed by atoms with Crippen LogP contribution in [0.3, 0.4) is 0 Å². The van der Waals surface area contributed by atoms with Crippen LogP contribution in [0.25, 0.3) is 0 Å². The second-order valence-electron chi connectivity index (χ2n) is 4.50. The van der Waals surface area contributed by atoms with E-state index in [1.165, 1.54) is 7.11 Å². The molecule has 1 aromatic carbocycles. The van der Waals surface area contributed by atoms with Crippen molar-refractivity contribution >= 4 is 21.9 Å². The number of methoxy groups -OCH3 is 1. The summed E-state index contributed by atoms with van der Waals surface area (Å²) in [5.41, 5.74) is 0.410. The molecule has 0 aliphatic rings. The number of carbonyl (C=O) groups excluding carboxylic acids is 1. The third kappa shape index (κ3) is 3.54. The van der Waals surface area contributed by atoms with Gasteiger partial charge in [-0.1, -0.05) is 34.1 Å². The van der Waals surface area contributed by atoms with Crippen LogP contribution < -0.4 is 5.32 Å². The van der Waals surface area contributed by atoms with Crippen molar-refractivity contribution in [3.05, 3.63) is 34.3 Å².